The molecule has 9 heteroatoms. The van der Waals surface area contributed by atoms with Crippen LogP contribution in [0, 0.1) is 0 Å². The number of hydrogen-bond donors (Lipinski definition) is 0. The fourth-order valence-corrected chi connectivity index (χ4v) is 1.81. The van der Waals surface area contributed by atoms with Gasteiger partial charge < -0.3 is 22.6 Å². The van der Waals surface area contributed by atoms with Crippen LogP contribution < -0.4 is 56.3 Å². The normalized spacial score (nSPS) is 11.2. The molecule has 0 heterocycles. The molecule has 0 radical (unpaired) electrons. The van der Waals surface area contributed by atoms with Gasteiger partial charge in [-0.15, -0.1) is 0 Å². The second kappa shape index (κ2) is 8.91. The maximum absolute atomic E-state index is 12.4. The Morgan fingerprint density at radius 2 is 1.29 bits per heavy atom. The van der Waals surface area contributed by atoms with Gasteiger partial charge >= 0.3 is 58.4 Å². The molecule has 0 atom stereocenters. The maximum atomic E-state index is 12.4. The Bertz CT molecular complexity index is 716. The van der Waals surface area contributed by atoms with E-state index in [1.807, 2.05) is 31.1 Å². The largest absolute Gasteiger partial charge is 1.00 e. The number of halogens is 3. The minimum Gasteiger partial charge on any atom is -0.443 e. The quantitative estimate of drug-likeness (QED) is 0.603. The molecule has 120 valence electrons. The zero-order valence-electron chi connectivity index (χ0n) is 13.6. The van der Waals surface area contributed by atoms with E-state index in [-0.39, 0.29) is 51.4 Å². The molecule has 0 spiro atoms. The van der Waals surface area contributed by atoms with Gasteiger partial charge in [0.1, 0.15) is 5.68 Å². The second-order valence-corrected chi connectivity index (χ2v) is 5.10. The van der Waals surface area contributed by atoms with Gasteiger partial charge in [0.25, 0.3) is 0 Å². The molecule has 0 fully saturated rings. The summed E-state index contributed by atoms with van der Waals surface area (Å²) in [5.74, 6) is 0. The summed E-state index contributed by atoms with van der Waals surface area (Å²) >= 11 is 0. The number of carbonyl (C=O) groups is 1. The first kappa shape index (κ1) is 21.0. The molecule has 0 amide bonds. The van der Waals surface area contributed by atoms with E-state index >= 15 is 0 Å². The molecule has 2 aromatic rings. The van der Waals surface area contributed by atoms with Crippen LogP contribution in [0.25, 0.3) is 0 Å². The van der Waals surface area contributed by atoms with Crippen LogP contribution >= 0.6 is 0 Å². The Balaban J connectivity index is 0.00000288. The summed E-state index contributed by atoms with van der Waals surface area (Å²) in [6.07, 6.45) is 0. The molecule has 0 aliphatic carbocycles. The first-order valence-corrected chi connectivity index (χ1v) is 6.81. The van der Waals surface area contributed by atoms with Gasteiger partial charge in [0.15, 0.2) is 0 Å². The van der Waals surface area contributed by atoms with Crippen LogP contribution in [0.5, 0.6) is 0 Å². The third kappa shape index (κ3) is 5.82. The molecule has 0 aliphatic heterocycles. The first-order chi connectivity index (χ1) is 10.8. The van der Waals surface area contributed by atoms with Crippen LogP contribution in [0.15, 0.2) is 58.8 Å². The molecule has 2 aromatic carbocycles. The summed E-state index contributed by atoms with van der Waals surface area (Å²) in [6.45, 7) is -5.52. The SMILES string of the molecule is CN(C)c1ccc(N=Nc2ccc(C(=O)[B-](F)(F)F)cc2)cc1.[K+]. The Labute approximate surface area is 180 Å². The summed E-state index contributed by atoms with van der Waals surface area (Å²) in [6, 6.07) is 12.2. The monoisotopic (exact) mass is 359 g/mol. The molecule has 2 rings (SSSR count). The second-order valence-electron chi connectivity index (χ2n) is 5.10. The van der Waals surface area contributed by atoms with E-state index in [0.717, 1.165) is 17.8 Å². The van der Waals surface area contributed by atoms with Gasteiger partial charge in [-0.25, -0.2) is 0 Å². The smallest absolute Gasteiger partial charge is 0.443 e. The minimum absolute atomic E-state index is 0. The van der Waals surface area contributed by atoms with Gasteiger partial charge in [-0.3, -0.25) is 0 Å². The van der Waals surface area contributed by atoms with E-state index in [0.29, 0.717) is 11.4 Å². The summed E-state index contributed by atoms with van der Waals surface area (Å²) in [7, 11) is 3.84. The minimum atomic E-state index is -5.52. The van der Waals surface area contributed by atoms with E-state index in [9.17, 15) is 17.7 Å². The molecule has 0 N–H and O–H groups in total. The van der Waals surface area contributed by atoms with Crippen molar-refractivity contribution in [3.8, 4) is 0 Å². The number of benzene rings is 2. The first-order valence-electron chi connectivity index (χ1n) is 6.81. The number of rotatable bonds is 5. The Morgan fingerprint density at radius 3 is 1.67 bits per heavy atom. The van der Waals surface area contributed by atoms with Crippen LogP contribution in [-0.4, -0.2) is 26.8 Å². The van der Waals surface area contributed by atoms with E-state index in [1.54, 1.807) is 12.1 Å². The van der Waals surface area contributed by atoms with Crippen molar-refractivity contribution in [2.45, 2.75) is 0 Å². The predicted octanol–water partition coefficient (Wildman–Crippen LogP) is 1.74. The average Bonchev–Trinajstić information content (AvgIpc) is 2.52. The predicted molar refractivity (Wildman–Crippen MR) is 84.8 cm³/mol. The molecule has 0 saturated carbocycles. The van der Waals surface area contributed by atoms with Crippen LogP contribution in [0.1, 0.15) is 10.4 Å². The van der Waals surface area contributed by atoms with Crippen LogP contribution in [0.4, 0.5) is 30.0 Å². The molecule has 0 bridgehead atoms. The molecule has 0 unspecified atom stereocenters. The number of azo groups is 1. The van der Waals surface area contributed by atoms with Crippen LogP contribution in [-0.2, 0) is 0 Å². The molecule has 4 nitrogen and oxygen atoms in total. The summed E-state index contributed by atoms with van der Waals surface area (Å²) < 4.78 is 37.1. The van der Waals surface area contributed by atoms with Crippen LogP contribution in [0.2, 0.25) is 0 Å². The van der Waals surface area contributed by atoms with Crippen molar-refractivity contribution < 1.29 is 69.1 Å². The molecular formula is C15H14BF3KN3O. The van der Waals surface area contributed by atoms with Crippen LogP contribution in [0.3, 0.4) is 0 Å². The van der Waals surface area contributed by atoms with Crippen molar-refractivity contribution in [1.29, 1.82) is 0 Å². The third-order valence-corrected chi connectivity index (χ3v) is 3.10. The Kier molecular flexibility index (Phi) is 7.81. The molecule has 0 aromatic heterocycles. The van der Waals surface area contributed by atoms with Gasteiger partial charge in [0.05, 0.1) is 11.4 Å². The van der Waals surface area contributed by atoms with Crippen molar-refractivity contribution in [2.75, 3.05) is 19.0 Å². The standard InChI is InChI=1S/C15H14BF3N3O.K/c1-22(2)14-9-7-13(8-10-14)21-20-12-5-3-11(4-6-12)15(23)16(17,18)19;/h3-10H,1-2H3;/q-1;+1. The van der Waals surface area contributed by atoms with Gasteiger partial charge in [0, 0.05) is 19.8 Å². The summed E-state index contributed by atoms with van der Waals surface area (Å²) in [5.41, 5.74) is -0.206. The molecular weight excluding hydrogens is 345 g/mol. The van der Waals surface area contributed by atoms with E-state index in [2.05, 4.69) is 10.2 Å². The molecule has 0 aliphatic rings. The molecule has 0 saturated heterocycles. The fourth-order valence-electron chi connectivity index (χ4n) is 1.81. The van der Waals surface area contributed by atoms with Crippen molar-refractivity contribution in [3.63, 3.8) is 0 Å². The summed E-state index contributed by atoms with van der Waals surface area (Å²) in [5, 5.41) is 7.94. The Morgan fingerprint density at radius 1 is 0.875 bits per heavy atom. The van der Waals surface area contributed by atoms with Gasteiger partial charge in [-0.1, -0.05) is 12.1 Å². The van der Waals surface area contributed by atoms with Crippen molar-refractivity contribution in [2.24, 2.45) is 10.2 Å². The third-order valence-electron chi connectivity index (χ3n) is 3.10. The number of anilines is 1. The topological polar surface area (TPSA) is 45.0 Å². The summed E-state index contributed by atoms with van der Waals surface area (Å²) in [4.78, 5) is 13.0. The van der Waals surface area contributed by atoms with Crippen molar-refractivity contribution >= 4 is 29.7 Å². The van der Waals surface area contributed by atoms with E-state index < -0.39 is 18.2 Å². The van der Waals surface area contributed by atoms with Gasteiger partial charge in [-0.2, -0.15) is 10.2 Å². The average molecular weight is 359 g/mol. The number of carbonyl (C=O) groups excluding carboxylic acids is 1. The van der Waals surface area contributed by atoms with E-state index in [4.69, 9.17) is 0 Å². The van der Waals surface area contributed by atoms with E-state index in [1.165, 1.54) is 12.1 Å². The Hall–Kier alpha value is -0.999. The van der Waals surface area contributed by atoms with Gasteiger partial charge in [0.2, 0.25) is 0 Å². The van der Waals surface area contributed by atoms with Gasteiger partial charge in [-0.05, 0) is 42.0 Å². The number of nitrogens with zero attached hydrogens (tertiary/aromatic N) is 3. The zero-order valence-corrected chi connectivity index (χ0v) is 16.7. The molecule has 24 heavy (non-hydrogen) atoms. The zero-order chi connectivity index (χ0) is 17.0. The van der Waals surface area contributed by atoms with Crippen molar-refractivity contribution in [1.82, 2.24) is 0 Å². The fraction of sp³-hybridized carbons (Fsp3) is 0.133. The number of hydrogen-bond acceptors (Lipinski definition) is 4. The maximum Gasteiger partial charge on any atom is 1.00 e. The van der Waals surface area contributed by atoms with Crippen molar-refractivity contribution in [3.05, 3.63) is 54.1 Å².